The molecular weight excluding hydrogens is 402 g/mol. The molecule has 2 aromatic carbocycles. The first-order valence-corrected chi connectivity index (χ1v) is 10.0. The van der Waals surface area contributed by atoms with Gasteiger partial charge in [0.15, 0.2) is 6.10 Å². The van der Waals surface area contributed by atoms with Gasteiger partial charge in [-0.2, -0.15) is 5.26 Å². The van der Waals surface area contributed by atoms with E-state index in [0.29, 0.717) is 15.4 Å². The van der Waals surface area contributed by atoms with Gasteiger partial charge in [0.05, 0.1) is 11.1 Å². The van der Waals surface area contributed by atoms with Crippen molar-refractivity contribution in [3.8, 4) is 6.07 Å². The maximum Gasteiger partial charge on any atom is 0.340 e. The van der Waals surface area contributed by atoms with Crippen molar-refractivity contribution < 1.29 is 19.1 Å². The van der Waals surface area contributed by atoms with Crippen LogP contribution in [-0.2, 0) is 9.53 Å². The zero-order chi connectivity index (χ0) is 22.3. The van der Waals surface area contributed by atoms with Crippen molar-refractivity contribution in [2.75, 3.05) is 0 Å². The van der Waals surface area contributed by atoms with Crippen LogP contribution in [0.4, 0.5) is 4.79 Å². The van der Waals surface area contributed by atoms with Gasteiger partial charge >= 0.3 is 12.0 Å². The van der Waals surface area contributed by atoms with Crippen LogP contribution in [0.3, 0.4) is 0 Å². The topological polar surface area (TPSA) is 108 Å². The second kappa shape index (κ2) is 9.94. The van der Waals surface area contributed by atoms with E-state index in [1.807, 2.05) is 0 Å². The van der Waals surface area contributed by atoms with Gasteiger partial charge in [0.1, 0.15) is 6.07 Å². The lowest BCUT2D eigenvalue weighted by Gasteiger charge is -2.21. The standard InChI is InChI=1S/C22H23N3O4S/c1-14(19(26)24-21(28)25-22(2,3)4)29-20(27)16-10-6-8-12-18(16)30-17-11-7-5-9-15(17)13-23/h5-12,14H,1-4H3,(H2,24,25,26,28). The number of urea groups is 1. The lowest BCUT2D eigenvalue weighted by molar-refractivity contribution is -0.127. The minimum absolute atomic E-state index is 0.258. The summed E-state index contributed by atoms with van der Waals surface area (Å²) in [6, 6.07) is 15.3. The number of nitrogens with zero attached hydrogens (tertiary/aromatic N) is 1. The van der Waals surface area contributed by atoms with Crippen molar-refractivity contribution in [1.82, 2.24) is 10.6 Å². The normalized spacial score (nSPS) is 11.7. The predicted molar refractivity (Wildman–Crippen MR) is 113 cm³/mol. The molecule has 0 radical (unpaired) electrons. The fourth-order valence-electron chi connectivity index (χ4n) is 2.35. The Morgan fingerprint density at radius 1 is 1.03 bits per heavy atom. The molecule has 0 spiro atoms. The van der Waals surface area contributed by atoms with Crippen LogP contribution < -0.4 is 10.6 Å². The summed E-state index contributed by atoms with van der Waals surface area (Å²) in [6.45, 7) is 6.72. The van der Waals surface area contributed by atoms with Crippen molar-refractivity contribution in [3.63, 3.8) is 0 Å². The number of imide groups is 1. The van der Waals surface area contributed by atoms with Gasteiger partial charge in [0.2, 0.25) is 0 Å². The Bertz CT molecular complexity index is 992. The number of rotatable bonds is 5. The van der Waals surface area contributed by atoms with Gasteiger partial charge in [-0.3, -0.25) is 10.1 Å². The molecule has 0 aromatic heterocycles. The zero-order valence-corrected chi connectivity index (χ0v) is 18.0. The smallest absolute Gasteiger partial charge is 0.340 e. The Hall–Kier alpha value is -3.31. The summed E-state index contributed by atoms with van der Waals surface area (Å²) >= 11 is 1.26. The summed E-state index contributed by atoms with van der Waals surface area (Å²) in [7, 11) is 0. The molecule has 2 N–H and O–H groups in total. The maximum absolute atomic E-state index is 12.7. The minimum atomic E-state index is -1.17. The van der Waals surface area contributed by atoms with Crippen LogP contribution in [-0.4, -0.2) is 29.6 Å². The predicted octanol–water partition coefficient (Wildman–Crippen LogP) is 3.88. The van der Waals surface area contributed by atoms with Crippen molar-refractivity contribution in [2.45, 2.75) is 49.1 Å². The second-order valence-electron chi connectivity index (χ2n) is 7.45. The molecule has 0 aliphatic carbocycles. The van der Waals surface area contributed by atoms with Crippen LogP contribution in [0.25, 0.3) is 0 Å². The molecule has 1 unspecified atom stereocenters. The van der Waals surface area contributed by atoms with Crippen LogP contribution in [0.1, 0.15) is 43.6 Å². The average Bonchev–Trinajstić information content (AvgIpc) is 2.67. The Morgan fingerprint density at radius 2 is 1.63 bits per heavy atom. The molecule has 0 heterocycles. The molecule has 3 amide bonds. The maximum atomic E-state index is 12.7. The van der Waals surface area contributed by atoms with E-state index in [4.69, 9.17) is 4.74 Å². The van der Waals surface area contributed by atoms with Crippen LogP contribution in [0.2, 0.25) is 0 Å². The average molecular weight is 426 g/mol. The van der Waals surface area contributed by atoms with Crippen molar-refractivity contribution in [3.05, 3.63) is 59.7 Å². The highest BCUT2D eigenvalue weighted by Gasteiger charge is 2.24. The third-order valence-electron chi connectivity index (χ3n) is 3.71. The number of amides is 3. The molecule has 2 aromatic rings. The fraction of sp³-hybridized carbons (Fsp3) is 0.273. The first kappa shape index (κ1) is 23.0. The van der Waals surface area contributed by atoms with Gasteiger partial charge in [-0.25, -0.2) is 9.59 Å². The number of nitriles is 1. The van der Waals surface area contributed by atoms with E-state index in [1.165, 1.54) is 18.7 Å². The number of nitrogens with one attached hydrogen (secondary N) is 2. The highest BCUT2D eigenvalue weighted by atomic mass is 32.2. The molecule has 0 aliphatic heterocycles. The third-order valence-corrected chi connectivity index (χ3v) is 4.86. The van der Waals surface area contributed by atoms with Gasteiger partial charge < -0.3 is 10.1 Å². The van der Waals surface area contributed by atoms with Gasteiger partial charge in [0.25, 0.3) is 5.91 Å². The van der Waals surface area contributed by atoms with E-state index >= 15 is 0 Å². The Kier molecular flexibility index (Phi) is 7.61. The van der Waals surface area contributed by atoms with Gasteiger partial charge in [-0.05, 0) is 52.0 Å². The zero-order valence-electron chi connectivity index (χ0n) is 17.2. The highest BCUT2D eigenvalue weighted by molar-refractivity contribution is 7.99. The van der Waals surface area contributed by atoms with Crippen LogP contribution in [0.5, 0.6) is 0 Å². The van der Waals surface area contributed by atoms with Crippen LogP contribution in [0.15, 0.2) is 58.3 Å². The summed E-state index contributed by atoms with van der Waals surface area (Å²) in [4.78, 5) is 38.0. The lowest BCUT2D eigenvalue weighted by atomic mass is 10.1. The SMILES string of the molecule is CC(OC(=O)c1ccccc1Sc1ccccc1C#N)C(=O)NC(=O)NC(C)(C)C. The summed E-state index contributed by atoms with van der Waals surface area (Å²) < 4.78 is 5.25. The second-order valence-corrected chi connectivity index (χ2v) is 8.53. The van der Waals surface area contributed by atoms with Gasteiger partial charge in [-0.15, -0.1) is 0 Å². The van der Waals surface area contributed by atoms with Crippen molar-refractivity contribution in [2.24, 2.45) is 0 Å². The highest BCUT2D eigenvalue weighted by Crippen LogP contribution is 2.33. The number of ether oxygens (including phenoxy) is 1. The summed E-state index contributed by atoms with van der Waals surface area (Å²) in [6.07, 6.45) is -1.17. The monoisotopic (exact) mass is 425 g/mol. The molecule has 156 valence electrons. The largest absolute Gasteiger partial charge is 0.449 e. The molecule has 0 aliphatic rings. The number of hydrogen-bond acceptors (Lipinski definition) is 6. The Morgan fingerprint density at radius 3 is 2.27 bits per heavy atom. The first-order chi connectivity index (χ1) is 14.1. The van der Waals surface area contributed by atoms with Crippen molar-refractivity contribution >= 4 is 29.7 Å². The van der Waals surface area contributed by atoms with Crippen molar-refractivity contribution in [1.29, 1.82) is 5.26 Å². The molecular formula is C22H23N3O4S. The number of benzene rings is 2. The third kappa shape index (κ3) is 6.64. The minimum Gasteiger partial charge on any atom is -0.449 e. The van der Waals surface area contributed by atoms with E-state index < -0.39 is 29.6 Å². The quantitative estimate of drug-likeness (QED) is 0.704. The van der Waals surface area contributed by atoms with E-state index in [1.54, 1.807) is 69.3 Å². The molecule has 2 rings (SSSR count). The summed E-state index contributed by atoms with van der Waals surface area (Å²) in [5.41, 5.74) is 0.234. The number of esters is 1. The summed E-state index contributed by atoms with van der Waals surface area (Å²) in [5.74, 6) is -1.43. The fourth-order valence-corrected chi connectivity index (χ4v) is 3.37. The molecule has 7 nitrogen and oxygen atoms in total. The first-order valence-electron chi connectivity index (χ1n) is 9.20. The molecule has 1 atom stereocenters. The van der Waals surface area contributed by atoms with Crippen LogP contribution in [0, 0.1) is 11.3 Å². The molecule has 0 saturated heterocycles. The van der Waals surface area contributed by atoms with E-state index in [2.05, 4.69) is 16.7 Å². The molecule has 30 heavy (non-hydrogen) atoms. The van der Waals surface area contributed by atoms with Crippen LogP contribution >= 0.6 is 11.8 Å². The van der Waals surface area contributed by atoms with E-state index in [0.717, 1.165) is 0 Å². The van der Waals surface area contributed by atoms with Gasteiger partial charge in [0, 0.05) is 15.3 Å². The number of carbonyl (C=O) groups excluding carboxylic acids is 3. The number of carbonyl (C=O) groups is 3. The summed E-state index contributed by atoms with van der Waals surface area (Å²) in [5, 5.41) is 14.0. The molecule has 0 bridgehead atoms. The number of hydrogen-bond donors (Lipinski definition) is 2. The Labute approximate surface area is 179 Å². The Balaban J connectivity index is 2.10. The molecule has 8 heteroatoms. The lowest BCUT2D eigenvalue weighted by Crippen LogP contribution is -2.50. The van der Waals surface area contributed by atoms with E-state index in [-0.39, 0.29) is 5.56 Å². The molecule has 0 fully saturated rings. The van der Waals surface area contributed by atoms with E-state index in [9.17, 15) is 19.6 Å². The molecule has 0 saturated carbocycles. The van der Waals surface area contributed by atoms with Gasteiger partial charge in [-0.1, -0.05) is 36.0 Å².